The lowest BCUT2D eigenvalue weighted by atomic mass is 9.81. The van der Waals surface area contributed by atoms with Crippen molar-refractivity contribution in [2.24, 2.45) is 0 Å². The largest absolute Gasteiger partial charge is 0.502 e. The molecule has 2 aromatic carbocycles. The lowest BCUT2D eigenvalue weighted by molar-refractivity contribution is 0.0686. The minimum absolute atomic E-state index is 0.178. The molecule has 1 unspecified atom stereocenters. The van der Waals surface area contributed by atoms with Gasteiger partial charge in [0.2, 0.25) is 5.43 Å². The first-order valence-electron chi connectivity index (χ1n) is 9.98. The predicted octanol–water partition coefficient (Wildman–Crippen LogP) is 2.78. The fraction of sp³-hybridized carbons (Fsp3) is 0.261. The van der Waals surface area contributed by atoms with Crippen LogP contribution in [-0.2, 0) is 12.8 Å². The van der Waals surface area contributed by atoms with Gasteiger partial charge in [-0.1, -0.05) is 12.1 Å². The summed E-state index contributed by atoms with van der Waals surface area (Å²) in [6, 6.07) is 8.68. The Bertz CT molecular complexity index is 1230. The third kappa shape index (κ3) is 3.01. The molecular weight excluding hydrogens is 404 g/mol. The smallest absolute Gasteiger partial charge is 0.275 e. The first-order valence-corrected chi connectivity index (χ1v) is 9.98. The molecule has 2 aliphatic rings. The Kier molecular flexibility index (Phi) is 4.39. The van der Waals surface area contributed by atoms with Gasteiger partial charge in [-0.2, -0.15) is 5.10 Å². The summed E-state index contributed by atoms with van der Waals surface area (Å²) in [6.07, 6.45) is 2.06. The van der Waals surface area contributed by atoms with Gasteiger partial charge in [0.15, 0.2) is 11.4 Å². The maximum atomic E-state index is 14.0. The number of hydrogen-bond donors (Lipinski definition) is 1. The molecule has 0 bridgehead atoms. The fourth-order valence-electron chi connectivity index (χ4n) is 4.82. The molecule has 1 aliphatic heterocycles. The number of aromatic hydroxyl groups is 1. The van der Waals surface area contributed by atoms with E-state index in [0.29, 0.717) is 12.8 Å². The number of carbonyl (C=O) groups is 1. The van der Waals surface area contributed by atoms with Gasteiger partial charge in [0.1, 0.15) is 11.6 Å². The molecule has 0 spiro atoms. The maximum absolute atomic E-state index is 14.0. The lowest BCUT2D eigenvalue weighted by Gasteiger charge is -2.38. The summed E-state index contributed by atoms with van der Waals surface area (Å²) in [4.78, 5) is 26.1. The molecule has 8 heteroatoms. The van der Waals surface area contributed by atoms with Gasteiger partial charge in [-0.25, -0.2) is 8.78 Å². The summed E-state index contributed by atoms with van der Waals surface area (Å²) in [5.41, 5.74) is 2.39. The first-order chi connectivity index (χ1) is 14.8. The number of halogens is 2. The molecule has 0 fully saturated rings. The highest BCUT2D eigenvalue weighted by Gasteiger charge is 2.40. The summed E-state index contributed by atoms with van der Waals surface area (Å²) < 4.78 is 29.5. The molecule has 0 saturated heterocycles. The van der Waals surface area contributed by atoms with Gasteiger partial charge < -0.3 is 10.0 Å². The highest BCUT2D eigenvalue weighted by molar-refractivity contribution is 5.95. The number of nitrogens with zero attached hydrogens (tertiary/aromatic N) is 3. The molecule has 5 rings (SSSR count). The summed E-state index contributed by atoms with van der Waals surface area (Å²) in [5, 5.41) is 14.5. The van der Waals surface area contributed by atoms with Crippen molar-refractivity contribution >= 4 is 5.91 Å². The number of rotatable bonds is 1. The van der Waals surface area contributed by atoms with Crippen LogP contribution in [0.2, 0.25) is 0 Å². The zero-order chi connectivity index (χ0) is 21.9. The third-order valence-corrected chi connectivity index (χ3v) is 6.24. The van der Waals surface area contributed by atoms with E-state index in [-0.39, 0.29) is 23.9 Å². The van der Waals surface area contributed by atoms with Crippen LogP contribution in [0, 0.1) is 11.6 Å². The molecule has 6 nitrogen and oxygen atoms in total. The number of benzene rings is 2. The van der Waals surface area contributed by atoms with E-state index in [0.717, 1.165) is 28.5 Å². The van der Waals surface area contributed by atoms with Gasteiger partial charge in [0.25, 0.3) is 5.91 Å². The van der Waals surface area contributed by atoms with E-state index < -0.39 is 29.0 Å². The second-order valence-electron chi connectivity index (χ2n) is 8.07. The molecule has 1 aromatic heterocycles. The Labute approximate surface area is 176 Å². The summed E-state index contributed by atoms with van der Waals surface area (Å²) in [6.45, 7) is 0.249. The number of likely N-dealkylation sites (N-methyl/N-ethyl adjacent to an activating group) is 1. The number of amides is 1. The van der Waals surface area contributed by atoms with E-state index in [4.69, 9.17) is 0 Å². The van der Waals surface area contributed by atoms with Crippen LogP contribution in [0.25, 0.3) is 0 Å². The second kappa shape index (κ2) is 7.01. The average Bonchev–Trinajstić information content (AvgIpc) is 2.89. The number of fused-ring (bicyclic) bond motifs is 3. The van der Waals surface area contributed by atoms with Crippen LogP contribution in [0.3, 0.4) is 0 Å². The standard InChI is InChI=1S/C23H19F2N3O3/c1-27-11-18(28-21(23(27)31)22(30)19(29)10-26-28)20-16-6-4-14(24)8-12(16)2-3-13-9-15(25)5-7-17(13)20/h4-10,18,20,30H,2-3,11H2,1H3. The van der Waals surface area contributed by atoms with Crippen LogP contribution in [-0.4, -0.2) is 39.3 Å². The Hall–Kier alpha value is -3.55. The van der Waals surface area contributed by atoms with Crippen LogP contribution in [0.1, 0.15) is 44.7 Å². The highest BCUT2D eigenvalue weighted by atomic mass is 19.1. The topological polar surface area (TPSA) is 75.4 Å². The van der Waals surface area contributed by atoms with E-state index in [1.165, 1.54) is 33.8 Å². The molecule has 3 aromatic rings. The molecule has 31 heavy (non-hydrogen) atoms. The molecule has 1 N–H and O–H groups in total. The lowest BCUT2D eigenvalue weighted by Crippen LogP contribution is -2.45. The molecule has 1 aliphatic carbocycles. The average molecular weight is 423 g/mol. The number of hydrogen-bond acceptors (Lipinski definition) is 4. The molecule has 1 amide bonds. The van der Waals surface area contributed by atoms with Crippen LogP contribution in [0.15, 0.2) is 47.4 Å². The monoisotopic (exact) mass is 423 g/mol. The summed E-state index contributed by atoms with van der Waals surface area (Å²) in [5.74, 6) is -2.26. The van der Waals surface area contributed by atoms with Crippen LogP contribution in [0.4, 0.5) is 8.78 Å². The van der Waals surface area contributed by atoms with Crippen molar-refractivity contribution in [1.82, 2.24) is 14.7 Å². The summed E-state index contributed by atoms with van der Waals surface area (Å²) >= 11 is 0. The fourth-order valence-corrected chi connectivity index (χ4v) is 4.82. The van der Waals surface area contributed by atoms with Gasteiger partial charge in [-0.15, -0.1) is 0 Å². The second-order valence-corrected chi connectivity index (χ2v) is 8.07. The van der Waals surface area contributed by atoms with Gasteiger partial charge >= 0.3 is 0 Å². The number of aryl methyl sites for hydroxylation is 2. The van der Waals surface area contributed by atoms with Crippen molar-refractivity contribution < 1.29 is 18.7 Å². The molecule has 0 radical (unpaired) electrons. The molecular formula is C23H19F2N3O3. The summed E-state index contributed by atoms with van der Waals surface area (Å²) in [7, 11) is 1.59. The van der Waals surface area contributed by atoms with Gasteiger partial charge in [-0.05, 0) is 59.4 Å². The van der Waals surface area contributed by atoms with Crippen molar-refractivity contribution in [2.45, 2.75) is 24.8 Å². The molecule has 0 saturated carbocycles. The van der Waals surface area contributed by atoms with E-state index in [9.17, 15) is 23.5 Å². The van der Waals surface area contributed by atoms with Gasteiger partial charge in [0, 0.05) is 19.5 Å². The Morgan fingerprint density at radius 1 is 1.00 bits per heavy atom. The van der Waals surface area contributed by atoms with Crippen molar-refractivity contribution in [3.05, 3.63) is 92.4 Å². The van der Waals surface area contributed by atoms with Crippen molar-refractivity contribution in [3.63, 3.8) is 0 Å². The van der Waals surface area contributed by atoms with Gasteiger partial charge in [0.05, 0.1) is 12.2 Å². The highest BCUT2D eigenvalue weighted by Crippen LogP contribution is 2.43. The Morgan fingerprint density at radius 2 is 1.58 bits per heavy atom. The third-order valence-electron chi connectivity index (χ3n) is 6.24. The zero-order valence-corrected chi connectivity index (χ0v) is 16.7. The minimum Gasteiger partial charge on any atom is -0.502 e. The van der Waals surface area contributed by atoms with Crippen LogP contribution in [0.5, 0.6) is 5.75 Å². The Morgan fingerprint density at radius 3 is 2.16 bits per heavy atom. The van der Waals surface area contributed by atoms with Crippen LogP contribution >= 0.6 is 0 Å². The minimum atomic E-state index is -0.737. The quantitative estimate of drug-likeness (QED) is 0.653. The number of carbonyl (C=O) groups excluding carboxylic acids is 1. The SMILES string of the molecule is CN1CC(C2c3ccc(F)cc3CCc3cc(F)ccc32)n2ncc(=O)c(O)c2C1=O. The van der Waals surface area contributed by atoms with E-state index in [2.05, 4.69) is 5.10 Å². The van der Waals surface area contributed by atoms with E-state index in [1.54, 1.807) is 19.2 Å². The number of aromatic nitrogens is 2. The molecule has 1 atom stereocenters. The predicted molar refractivity (Wildman–Crippen MR) is 108 cm³/mol. The van der Waals surface area contributed by atoms with E-state index in [1.807, 2.05) is 0 Å². The normalized spacial score (nSPS) is 18.2. The maximum Gasteiger partial charge on any atom is 0.275 e. The van der Waals surface area contributed by atoms with Gasteiger partial charge in [-0.3, -0.25) is 14.3 Å². The van der Waals surface area contributed by atoms with E-state index >= 15 is 0 Å². The van der Waals surface area contributed by atoms with Crippen LogP contribution < -0.4 is 5.43 Å². The van der Waals surface area contributed by atoms with Crippen molar-refractivity contribution in [1.29, 1.82) is 0 Å². The van der Waals surface area contributed by atoms with Crippen molar-refractivity contribution in [3.8, 4) is 5.75 Å². The first kappa shape index (κ1) is 19.4. The zero-order valence-electron chi connectivity index (χ0n) is 16.7. The molecule has 158 valence electrons. The van der Waals surface area contributed by atoms with Crippen molar-refractivity contribution in [2.75, 3.05) is 13.6 Å². The molecule has 2 heterocycles. The Balaban J connectivity index is 1.79.